The van der Waals surface area contributed by atoms with Crippen molar-refractivity contribution in [2.75, 3.05) is 5.32 Å². The summed E-state index contributed by atoms with van der Waals surface area (Å²) in [4.78, 5) is 16.5. The van der Waals surface area contributed by atoms with E-state index >= 15 is 0 Å². The van der Waals surface area contributed by atoms with Crippen molar-refractivity contribution in [3.8, 4) is 0 Å². The number of anilines is 1. The zero-order valence-electron chi connectivity index (χ0n) is 11.4. The maximum absolute atomic E-state index is 13.4. The second kappa shape index (κ2) is 5.71. The monoisotopic (exact) mass is 336 g/mol. The van der Waals surface area contributed by atoms with Gasteiger partial charge in [0.1, 0.15) is 5.82 Å². The Labute approximate surface area is 125 Å². The van der Waals surface area contributed by atoms with Gasteiger partial charge in [0.05, 0.1) is 15.7 Å². The zero-order chi connectivity index (χ0) is 14.9. The SMILES string of the molecule is Cc1ccc(C(=O)Nc2cc(Br)c(F)cc2C)c(C)n1. The van der Waals surface area contributed by atoms with Crippen molar-refractivity contribution in [1.29, 1.82) is 0 Å². The van der Waals surface area contributed by atoms with Crippen LogP contribution in [0.3, 0.4) is 0 Å². The maximum atomic E-state index is 13.4. The van der Waals surface area contributed by atoms with Crippen molar-refractivity contribution in [3.63, 3.8) is 0 Å². The molecule has 0 fully saturated rings. The third kappa shape index (κ3) is 3.04. The second-order valence-corrected chi connectivity index (χ2v) is 5.48. The number of benzene rings is 1. The molecule has 0 aliphatic rings. The summed E-state index contributed by atoms with van der Waals surface area (Å²) in [5.41, 5.74) is 3.27. The molecular weight excluding hydrogens is 323 g/mol. The molecule has 1 aromatic heterocycles. The summed E-state index contributed by atoms with van der Waals surface area (Å²) in [5.74, 6) is -0.606. The lowest BCUT2D eigenvalue weighted by molar-refractivity contribution is 0.102. The van der Waals surface area contributed by atoms with E-state index in [0.717, 1.165) is 5.69 Å². The normalized spacial score (nSPS) is 10.4. The molecule has 20 heavy (non-hydrogen) atoms. The summed E-state index contributed by atoms with van der Waals surface area (Å²) in [7, 11) is 0. The molecule has 0 aliphatic heterocycles. The van der Waals surface area contributed by atoms with Crippen LogP contribution in [-0.2, 0) is 0 Å². The minimum Gasteiger partial charge on any atom is -0.322 e. The van der Waals surface area contributed by atoms with Gasteiger partial charge in [-0.05, 0) is 66.5 Å². The fourth-order valence-corrected chi connectivity index (χ4v) is 2.24. The Morgan fingerprint density at radius 3 is 2.60 bits per heavy atom. The number of aromatic nitrogens is 1. The van der Waals surface area contributed by atoms with Crippen LogP contribution in [0.2, 0.25) is 0 Å². The summed E-state index contributed by atoms with van der Waals surface area (Å²) in [6.07, 6.45) is 0. The molecule has 0 aliphatic carbocycles. The maximum Gasteiger partial charge on any atom is 0.257 e. The first kappa shape index (κ1) is 14.7. The van der Waals surface area contributed by atoms with Crippen LogP contribution in [0.4, 0.5) is 10.1 Å². The molecule has 1 aromatic carbocycles. The predicted molar refractivity (Wildman–Crippen MR) is 80.5 cm³/mol. The summed E-state index contributed by atoms with van der Waals surface area (Å²) in [6, 6.07) is 6.45. The molecule has 1 heterocycles. The van der Waals surface area contributed by atoms with Crippen LogP contribution in [0.1, 0.15) is 27.3 Å². The van der Waals surface area contributed by atoms with Gasteiger partial charge < -0.3 is 5.32 Å². The van der Waals surface area contributed by atoms with E-state index in [2.05, 4.69) is 26.2 Å². The largest absolute Gasteiger partial charge is 0.322 e. The minimum atomic E-state index is -0.353. The van der Waals surface area contributed by atoms with Gasteiger partial charge in [-0.2, -0.15) is 0 Å². The van der Waals surface area contributed by atoms with Crippen LogP contribution in [0.5, 0.6) is 0 Å². The van der Waals surface area contributed by atoms with Gasteiger partial charge in [-0.1, -0.05) is 0 Å². The third-order valence-electron chi connectivity index (χ3n) is 2.99. The molecule has 1 N–H and O–H groups in total. The first-order valence-corrected chi connectivity index (χ1v) is 6.89. The van der Waals surface area contributed by atoms with Gasteiger partial charge in [0.2, 0.25) is 0 Å². The Bertz CT molecular complexity index is 686. The molecule has 0 atom stereocenters. The zero-order valence-corrected chi connectivity index (χ0v) is 13.0. The number of hydrogen-bond donors (Lipinski definition) is 1. The number of hydrogen-bond acceptors (Lipinski definition) is 2. The van der Waals surface area contributed by atoms with Crippen LogP contribution in [0.25, 0.3) is 0 Å². The van der Waals surface area contributed by atoms with Gasteiger partial charge in [0.25, 0.3) is 5.91 Å². The Balaban J connectivity index is 2.30. The highest BCUT2D eigenvalue weighted by Crippen LogP contribution is 2.24. The first-order chi connectivity index (χ1) is 9.38. The molecule has 0 saturated heterocycles. The first-order valence-electron chi connectivity index (χ1n) is 6.09. The minimum absolute atomic E-state index is 0.253. The van der Waals surface area contributed by atoms with Gasteiger partial charge in [-0.3, -0.25) is 9.78 Å². The van der Waals surface area contributed by atoms with E-state index < -0.39 is 0 Å². The molecule has 3 nitrogen and oxygen atoms in total. The van der Waals surface area contributed by atoms with Crippen molar-refractivity contribution >= 4 is 27.5 Å². The topological polar surface area (TPSA) is 42.0 Å². The standard InChI is InChI=1S/C15H14BrFN2O/c1-8-6-13(17)12(16)7-14(8)19-15(20)11-5-4-9(2)18-10(11)3/h4-7H,1-3H3,(H,19,20). The number of halogens is 2. The van der Waals surface area contributed by atoms with Crippen LogP contribution in [0.15, 0.2) is 28.7 Å². The Morgan fingerprint density at radius 2 is 1.95 bits per heavy atom. The highest BCUT2D eigenvalue weighted by Gasteiger charge is 2.13. The van der Waals surface area contributed by atoms with Crippen LogP contribution in [0, 0.1) is 26.6 Å². The molecule has 1 amide bonds. The van der Waals surface area contributed by atoms with Crippen molar-refractivity contribution in [3.05, 3.63) is 57.1 Å². The number of nitrogens with one attached hydrogen (secondary N) is 1. The highest BCUT2D eigenvalue weighted by molar-refractivity contribution is 9.10. The highest BCUT2D eigenvalue weighted by atomic mass is 79.9. The molecule has 0 unspecified atom stereocenters. The van der Waals surface area contributed by atoms with Gasteiger partial charge in [0, 0.05) is 11.4 Å². The van der Waals surface area contributed by atoms with Crippen LogP contribution < -0.4 is 5.32 Å². The molecule has 5 heteroatoms. The van der Waals surface area contributed by atoms with Crippen molar-refractivity contribution in [2.24, 2.45) is 0 Å². The summed E-state index contributed by atoms with van der Waals surface area (Å²) >= 11 is 3.11. The van der Waals surface area contributed by atoms with E-state index in [1.54, 1.807) is 32.0 Å². The fraction of sp³-hybridized carbons (Fsp3) is 0.200. The number of aryl methyl sites for hydroxylation is 3. The molecular formula is C15H14BrFN2O. The summed E-state index contributed by atoms with van der Waals surface area (Å²) < 4.78 is 13.7. The number of pyridine rings is 1. The van der Waals surface area contributed by atoms with E-state index in [0.29, 0.717) is 27.0 Å². The average molecular weight is 337 g/mol. The van der Waals surface area contributed by atoms with Crippen molar-refractivity contribution < 1.29 is 9.18 Å². The van der Waals surface area contributed by atoms with Gasteiger partial charge in [0.15, 0.2) is 0 Å². The predicted octanol–water partition coefficient (Wildman–Crippen LogP) is 4.16. The van der Waals surface area contributed by atoms with Crippen molar-refractivity contribution in [1.82, 2.24) is 4.98 Å². The van der Waals surface area contributed by atoms with Gasteiger partial charge >= 0.3 is 0 Å². The number of rotatable bonds is 2. The molecule has 0 spiro atoms. The number of carbonyl (C=O) groups is 1. The molecule has 2 aromatic rings. The van der Waals surface area contributed by atoms with E-state index in [4.69, 9.17) is 0 Å². The van der Waals surface area contributed by atoms with E-state index in [1.165, 1.54) is 6.07 Å². The molecule has 104 valence electrons. The van der Waals surface area contributed by atoms with Crippen LogP contribution >= 0.6 is 15.9 Å². The Morgan fingerprint density at radius 1 is 1.25 bits per heavy atom. The van der Waals surface area contributed by atoms with Crippen LogP contribution in [-0.4, -0.2) is 10.9 Å². The molecule has 2 rings (SSSR count). The Kier molecular flexibility index (Phi) is 4.18. The van der Waals surface area contributed by atoms with Gasteiger partial charge in [-0.15, -0.1) is 0 Å². The number of nitrogens with zero attached hydrogens (tertiary/aromatic N) is 1. The molecule has 0 radical (unpaired) electrons. The molecule has 0 bridgehead atoms. The Hall–Kier alpha value is -1.75. The quantitative estimate of drug-likeness (QED) is 0.894. The average Bonchev–Trinajstić information content (AvgIpc) is 2.35. The lowest BCUT2D eigenvalue weighted by atomic mass is 10.1. The number of carbonyl (C=O) groups excluding carboxylic acids is 1. The number of amides is 1. The van der Waals surface area contributed by atoms with Crippen molar-refractivity contribution in [2.45, 2.75) is 20.8 Å². The smallest absolute Gasteiger partial charge is 0.257 e. The fourth-order valence-electron chi connectivity index (χ4n) is 1.90. The summed E-state index contributed by atoms with van der Waals surface area (Å²) in [6.45, 7) is 5.40. The van der Waals surface area contributed by atoms with Gasteiger partial charge in [-0.25, -0.2) is 4.39 Å². The lowest BCUT2D eigenvalue weighted by Crippen LogP contribution is -2.15. The third-order valence-corrected chi connectivity index (χ3v) is 3.59. The lowest BCUT2D eigenvalue weighted by Gasteiger charge is -2.11. The van der Waals surface area contributed by atoms with E-state index in [-0.39, 0.29) is 11.7 Å². The second-order valence-electron chi connectivity index (χ2n) is 4.62. The summed E-state index contributed by atoms with van der Waals surface area (Å²) in [5, 5.41) is 2.78. The molecule has 0 saturated carbocycles. The van der Waals surface area contributed by atoms with E-state index in [9.17, 15) is 9.18 Å². The van der Waals surface area contributed by atoms with E-state index in [1.807, 2.05) is 6.92 Å².